The van der Waals surface area contributed by atoms with Crippen molar-refractivity contribution < 1.29 is 14.3 Å². The molecule has 3 saturated heterocycles. The fourth-order valence-corrected chi connectivity index (χ4v) is 4.03. The number of amides is 1. The SMILES string of the molecule is O=C([C@@H]1C[C@H]2CCN(Cc3ccncc3)C[C@H]2O1)N1CCOCC1. The summed E-state index contributed by atoms with van der Waals surface area (Å²) in [4.78, 5) is 21.0. The minimum atomic E-state index is -0.251. The molecular weight excluding hydrogens is 306 g/mol. The van der Waals surface area contributed by atoms with E-state index in [-0.39, 0.29) is 18.1 Å². The molecule has 3 aliphatic heterocycles. The second-order valence-electron chi connectivity index (χ2n) is 6.98. The Balaban J connectivity index is 1.33. The van der Waals surface area contributed by atoms with Gasteiger partial charge in [-0.05, 0) is 43.0 Å². The molecule has 3 aliphatic rings. The molecule has 0 spiro atoms. The molecule has 0 radical (unpaired) electrons. The topological polar surface area (TPSA) is 54.9 Å². The highest BCUT2D eigenvalue weighted by Crippen LogP contribution is 2.34. The van der Waals surface area contributed by atoms with Gasteiger partial charge in [0.2, 0.25) is 0 Å². The van der Waals surface area contributed by atoms with E-state index in [1.54, 1.807) is 0 Å². The fourth-order valence-electron chi connectivity index (χ4n) is 4.03. The van der Waals surface area contributed by atoms with Gasteiger partial charge in [-0.2, -0.15) is 0 Å². The van der Waals surface area contributed by atoms with Crippen LogP contribution < -0.4 is 0 Å². The third kappa shape index (κ3) is 3.45. The molecule has 3 atom stereocenters. The zero-order valence-electron chi connectivity index (χ0n) is 14.0. The lowest BCUT2D eigenvalue weighted by atomic mass is 9.91. The number of likely N-dealkylation sites (tertiary alicyclic amines) is 1. The number of fused-ring (bicyclic) bond motifs is 1. The molecule has 0 aromatic carbocycles. The molecule has 4 heterocycles. The van der Waals surface area contributed by atoms with Gasteiger partial charge in [0.05, 0.1) is 19.3 Å². The molecule has 0 unspecified atom stereocenters. The van der Waals surface area contributed by atoms with Crippen molar-refractivity contribution in [3.8, 4) is 0 Å². The number of rotatable bonds is 3. The van der Waals surface area contributed by atoms with Gasteiger partial charge in [0.1, 0.15) is 6.10 Å². The van der Waals surface area contributed by atoms with E-state index in [1.165, 1.54) is 5.56 Å². The number of piperidine rings is 1. The quantitative estimate of drug-likeness (QED) is 0.824. The number of carbonyl (C=O) groups is 1. The van der Waals surface area contributed by atoms with Crippen molar-refractivity contribution >= 4 is 5.91 Å². The van der Waals surface area contributed by atoms with E-state index in [2.05, 4.69) is 22.0 Å². The third-order valence-corrected chi connectivity index (χ3v) is 5.39. The molecule has 0 saturated carbocycles. The van der Waals surface area contributed by atoms with Gasteiger partial charge in [-0.25, -0.2) is 0 Å². The number of hydrogen-bond donors (Lipinski definition) is 0. The molecule has 1 aromatic rings. The highest BCUT2D eigenvalue weighted by atomic mass is 16.5. The Hall–Kier alpha value is -1.50. The van der Waals surface area contributed by atoms with Crippen LogP contribution in [-0.4, -0.2) is 72.3 Å². The molecule has 3 fully saturated rings. The Kier molecular flexibility index (Phi) is 4.78. The summed E-state index contributed by atoms with van der Waals surface area (Å²) in [6.45, 7) is 5.60. The van der Waals surface area contributed by atoms with Crippen LogP contribution in [-0.2, 0) is 20.8 Å². The minimum absolute atomic E-state index is 0.161. The van der Waals surface area contributed by atoms with Crippen LogP contribution in [0.15, 0.2) is 24.5 Å². The first-order chi connectivity index (χ1) is 11.8. The summed E-state index contributed by atoms with van der Waals surface area (Å²) < 4.78 is 11.5. The molecular formula is C18H25N3O3. The number of aromatic nitrogens is 1. The Morgan fingerprint density at radius 1 is 1.21 bits per heavy atom. The molecule has 24 heavy (non-hydrogen) atoms. The van der Waals surface area contributed by atoms with E-state index >= 15 is 0 Å². The maximum absolute atomic E-state index is 12.6. The smallest absolute Gasteiger partial charge is 0.251 e. The molecule has 130 valence electrons. The van der Waals surface area contributed by atoms with Gasteiger partial charge >= 0.3 is 0 Å². The number of ether oxygens (including phenoxy) is 2. The third-order valence-electron chi connectivity index (χ3n) is 5.39. The van der Waals surface area contributed by atoms with Crippen molar-refractivity contribution in [1.29, 1.82) is 0 Å². The summed E-state index contributed by atoms with van der Waals surface area (Å²) in [5.74, 6) is 0.682. The number of pyridine rings is 1. The van der Waals surface area contributed by atoms with Gasteiger partial charge in [-0.3, -0.25) is 14.7 Å². The Morgan fingerprint density at radius 2 is 2.00 bits per heavy atom. The second kappa shape index (κ2) is 7.17. The average Bonchev–Trinajstić information content (AvgIpc) is 3.06. The van der Waals surface area contributed by atoms with Crippen LogP contribution in [0.4, 0.5) is 0 Å². The van der Waals surface area contributed by atoms with Gasteiger partial charge in [0, 0.05) is 38.6 Å². The summed E-state index contributed by atoms with van der Waals surface area (Å²) in [6, 6.07) is 4.12. The number of morpholine rings is 1. The van der Waals surface area contributed by atoms with Crippen LogP contribution in [0.3, 0.4) is 0 Å². The maximum Gasteiger partial charge on any atom is 0.251 e. The van der Waals surface area contributed by atoms with Crippen molar-refractivity contribution in [3.05, 3.63) is 30.1 Å². The van der Waals surface area contributed by atoms with E-state index in [0.717, 1.165) is 32.5 Å². The van der Waals surface area contributed by atoms with E-state index in [9.17, 15) is 4.79 Å². The van der Waals surface area contributed by atoms with Crippen LogP contribution in [0.5, 0.6) is 0 Å². The Labute approximate surface area is 142 Å². The van der Waals surface area contributed by atoms with E-state index in [1.807, 2.05) is 17.3 Å². The summed E-state index contributed by atoms with van der Waals surface area (Å²) in [7, 11) is 0. The van der Waals surface area contributed by atoms with Gasteiger partial charge < -0.3 is 14.4 Å². The number of hydrogen-bond acceptors (Lipinski definition) is 5. The zero-order valence-corrected chi connectivity index (χ0v) is 14.0. The summed E-state index contributed by atoms with van der Waals surface area (Å²) >= 11 is 0. The van der Waals surface area contributed by atoms with Crippen LogP contribution in [0.25, 0.3) is 0 Å². The predicted molar refractivity (Wildman–Crippen MR) is 88.3 cm³/mol. The summed E-state index contributed by atoms with van der Waals surface area (Å²) in [5, 5.41) is 0. The molecule has 6 nitrogen and oxygen atoms in total. The molecule has 1 amide bonds. The van der Waals surface area contributed by atoms with Crippen molar-refractivity contribution in [1.82, 2.24) is 14.8 Å². The Morgan fingerprint density at radius 3 is 2.79 bits per heavy atom. The maximum atomic E-state index is 12.6. The molecule has 6 heteroatoms. The largest absolute Gasteiger partial charge is 0.378 e. The minimum Gasteiger partial charge on any atom is -0.378 e. The molecule has 0 bridgehead atoms. The van der Waals surface area contributed by atoms with Crippen LogP contribution in [0.1, 0.15) is 18.4 Å². The molecule has 4 rings (SSSR count). The van der Waals surface area contributed by atoms with Crippen LogP contribution in [0.2, 0.25) is 0 Å². The lowest BCUT2D eigenvalue weighted by molar-refractivity contribution is -0.147. The average molecular weight is 331 g/mol. The van der Waals surface area contributed by atoms with Gasteiger partial charge in [0.15, 0.2) is 0 Å². The lowest BCUT2D eigenvalue weighted by Crippen LogP contribution is -2.46. The van der Waals surface area contributed by atoms with Gasteiger partial charge in [-0.1, -0.05) is 0 Å². The van der Waals surface area contributed by atoms with Crippen LogP contribution in [0, 0.1) is 5.92 Å². The Bertz CT molecular complexity index is 562. The van der Waals surface area contributed by atoms with E-state index < -0.39 is 0 Å². The van der Waals surface area contributed by atoms with Gasteiger partial charge in [0.25, 0.3) is 5.91 Å². The predicted octanol–water partition coefficient (Wildman–Crippen LogP) is 0.920. The molecule has 1 aromatic heterocycles. The van der Waals surface area contributed by atoms with Crippen LogP contribution >= 0.6 is 0 Å². The summed E-state index contributed by atoms with van der Waals surface area (Å²) in [6.07, 6.45) is 5.61. The van der Waals surface area contributed by atoms with Gasteiger partial charge in [-0.15, -0.1) is 0 Å². The zero-order chi connectivity index (χ0) is 16.4. The lowest BCUT2D eigenvalue weighted by Gasteiger charge is -2.34. The summed E-state index contributed by atoms with van der Waals surface area (Å²) in [5.41, 5.74) is 1.28. The standard InChI is InChI=1S/C18H25N3O3/c22-18(21-7-9-23-10-8-21)16-11-15-3-6-20(13-17(15)24-16)12-14-1-4-19-5-2-14/h1-2,4-5,15-17H,3,6-13H2/t15-,16+,17-/m1/s1. The normalized spacial score (nSPS) is 31.0. The van der Waals surface area contributed by atoms with Crippen molar-refractivity contribution in [2.24, 2.45) is 5.92 Å². The number of nitrogens with zero attached hydrogens (tertiary/aromatic N) is 3. The second-order valence-corrected chi connectivity index (χ2v) is 6.98. The van der Waals surface area contributed by atoms with E-state index in [0.29, 0.717) is 32.2 Å². The highest BCUT2D eigenvalue weighted by Gasteiger charge is 2.43. The first-order valence-corrected chi connectivity index (χ1v) is 8.93. The van der Waals surface area contributed by atoms with Crippen molar-refractivity contribution in [2.45, 2.75) is 31.6 Å². The highest BCUT2D eigenvalue weighted by molar-refractivity contribution is 5.81. The monoisotopic (exact) mass is 331 g/mol. The number of carbonyl (C=O) groups excluding carboxylic acids is 1. The molecule has 0 N–H and O–H groups in total. The first-order valence-electron chi connectivity index (χ1n) is 8.93. The first kappa shape index (κ1) is 16.0. The fraction of sp³-hybridized carbons (Fsp3) is 0.667. The molecule has 0 aliphatic carbocycles. The van der Waals surface area contributed by atoms with E-state index in [4.69, 9.17) is 9.47 Å². The van der Waals surface area contributed by atoms with Crippen molar-refractivity contribution in [2.75, 3.05) is 39.4 Å². The van der Waals surface area contributed by atoms with Crippen molar-refractivity contribution in [3.63, 3.8) is 0 Å².